The Morgan fingerprint density at radius 3 is 2.87 bits per heavy atom. The maximum Gasteiger partial charge on any atom is 0.314 e. The molecule has 2 amide bonds. The second kappa shape index (κ2) is 9.90. The molecular formula is C17H29N3O2S. The van der Waals surface area contributed by atoms with Gasteiger partial charge in [-0.1, -0.05) is 13.0 Å². The number of rotatable bonds is 8. The van der Waals surface area contributed by atoms with Crippen LogP contribution in [0.25, 0.3) is 0 Å². The van der Waals surface area contributed by atoms with Crippen molar-refractivity contribution >= 4 is 17.4 Å². The molecule has 1 saturated heterocycles. The minimum Gasteiger partial charge on any atom is -0.396 e. The summed E-state index contributed by atoms with van der Waals surface area (Å²) in [5.41, 5.74) is 0. The smallest absolute Gasteiger partial charge is 0.314 e. The van der Waals surface area contributed by atoms with Crippen LogP contribution in [0.15, 0.2) is 17.5 Å². The number of hydrogen-bond acceptors (Lipinski definition) is 4. The van der Waals surface area contributed by atoms with Crippen molar-refractivity contribution in [1.29, 1.82) is 0 Å². The topological polar surface area (TPSA) is 64.6 Å². The zero-order chi connectivity index (χ0) is 16.5. The highest BCUT2D eigenvalue weighted by Crippen LogP contribution is 2.20. The Labute approximate surface area is 143 Å². The zero-order valence-corrected chi connectivity index (χ0v) is 14.8. The van der Waals surface area contributed by atoms with Crippen LogP contribution >= 0.6 is 11.3 Å². The lowest BCUT2D eigenvalue weighted by atomic mass is 9.97. The first-order valence-corrected chi connectivity index (χ1v) is 9.42. The van der Waals surface area contributed by atoms with Gasteiger partial charge in [-0.05, 0) is 55.6 Å². The molecule has 5 nitrogen and oxygen atoms in total. The summed E-state index contributed by atoms with van der Waals surface area (Å²) in [5, 5.41) is 16.8. The Balaban J connectivity index is 1.56. The number of urea groups is 1. The predicted octanol–water partition coefficient (Wildman–Crippen LogP) is 2.28. The normalized spacial score (nSPS) is 17.8. The van der Waals surface area contributed by atoms with Crippen LogP contribution in [-0.2, 0) is 6.54 Å². The molecule has 0 aliphatic carbocycles. The van der Waals surface area contributed by atoms with Gasteiger partial charge >= 0.3 is 6.03 Å². The molecule has 1 atom stereocenters. The number of aliphatic hydroxyl groups excluding tert-OH is 1. The average molecular weight is 340 g/mol. The Kier molecular flexibility index (Phi) is 7.85. The minimum absolute atomic E-state index is 0.0872. The van der Waals surface area contributed by atoms with Crippen LogP contribution in [0, 0.1) is 11.8 Å². The quantitative estimate of drug-likeness (QED) is 0.681. The van der Waals surface area contributed by atoms with Crippen LogP contribution < -0.4 is 10.6 Å². The fourth-order valence-corrected chi connectivity index (χ4v) is 3.61. The molecule has 0 bridgehead atoms. The maximum atomic E-state index is 11.8. The molecule has 3 N–H and O–H groups in total. The molecule has 1 aromatic heterocycles. The molecule has 0 spiro atoms. The van der Waals surface area contributed by atoms with Gasteiger partial charge in [0.1, 0.15) is 0 Å². The number of amides is 2. The van der Waals surface area contributed by atoms with Gasteiger partial charge < -0.3 is 15.7 Å². The number of carbonyl (C=O) groups is 1. The number of aliphatic hydroxyl groups is 1. The van der Waals surface area contributed by atoms with Gasteiger partial charge in [0, 0.05) is 31.1 Å². The van der Waals surface area contributed by atoms with E-state index in [1.165, 1.54) is 4.88 Å². The predicted molar refractivity (Wildman–Crippen MR) is 94.6 cm³/mol. The van der Waals surface area contributed by atoms with Gasteiger partial charge in [0.2, 0.25) is 0 Å². The van der Waals surface area contributed by atoms with Gasteiger partial charge in [0.25, 0.3) is 0 Å². The highest BCUT2D eigenvalue weighted by atomic mass is 32.1. The lowest BCUT2D eigenvalue weighted by Crippen LogP contribution is -2.42. The molecule has 2 heterocycles. The Morgan fingerprint density at radius 2 is 2.22 bits per heavy atom. The van der Waals surface area contributed by atoms with E-state index in [-0.39, 0.29) is 12.6 Å². The summed E-state index contributed by atoms with van der Waals surface area (Å²) >= 11 is 1.82. The van der Waals surface area contributed by atoms with Gasteiger partial charge in [-0.2, -0.15) is 0 Å². The van der Waals surface area contributed by atoms with E-state index in [2.05, 4.69) is 33.0 Å². The number of thiophene rings is 1. The lowest BCUT2D eigenvalue weighted by Gasteiger charge is -2.31. The van der Waals surface area contributed by atoms with Crippen molar-refractivity contribution < 1.29 is 9.90 Å². The van der Waals surface area contributed by atoms with Gasteiger partial charge in [0.15, 0.2) is 0 Å². The summed E-state index contributed by atoms with van der Waals surface area (Å²) in [4.78, 5) is 15.7. The van der Waals surface area contributed by atoms with Gasteiger partial charge in [-0.15, -0.1) is 11.3 Å². The largest absolute Gasteiger partial charge is 0.396 e. The molecule has 23 heavy (non-hydrogen) atoms. The van der Waals surface area contributed by atoms with E-state index in [1.54, 1.807) is 0 Å². The van der Waals surface area contributed by atoms with Crippen molar-refractivity contribution in [3.63, 3.8) is 0 Å². The van der Waals surface area contributed by atoms with Gasteiger partial charge in [0.05, 0.1) is 0 Å². The summed E-state index contributed by atoms with van der Waals surface area (Å²) in [6.45, 7) is 6.85. The van der Waals surface area contributed by atoms with Crippen LogP contribution in [0.4, 0.5) is 4.79 Å². The van der Waals surface area contributed by atoms with E-state index in [9.17, 15) is 4.79 Å². The molecule has 6 heteroatoms. The second-order valence-electron chi connectivity index (χ2n) is 6.51. The number of nitrogens with one attached hydrogen (secondary N) is 2. The average Bonchev–Trinajstić information content (AvgIpc) is 3.05. The molecule has 1 aliphatic rings. The standard InChI is InChI=1S/C17H29N3O2S/c1-14(6-9-21)11-18-17(22)19-12-15-4-7-20(8-5-15)13-16-3-2-10-23-16/h2-3,10,14-15,21H,4-9,11-13H2,1H3,(H2,18,19,22). The van der Waals surface area contributed by atoms with E-state index in [4.69, 9.17) is 5.11 Å². The van der Waals surface area contributed by atoms with Crippen LogP contribution in [0.2, 0.25) is 0 Å². The molecule has 0 aromatic carbocycles. The van der Waals surface area contributed by atoms with E-state index in [1.807, 2.05) is 18.3 Å². The van der Waals surface area contributed by atoms with Crippen molar-refractivity contribution in [1.82, 2.24) is 15.5 Å². The van der Waals surface area contributed by atoms with Gasteiger partial charge in [-0.3, -0.25) is 4.90 Å². The third kappa shape index (κ3) is 6.89. The van der Waals surface area contributed by atoms with Crippen molar-refractivity contribution in [2.75, 3.05) is 32.8 Å². The van der Waals surface area contributed by atoms with Crippen LogP contribution in [0.1, 0.15) is 31.1 Å². The lowest BCUT2D eigenvalue weighted by molar-refractivity contribution is 0.176. The molecule has 1 aromatic rings. The Hall–Kier alpha value is -1.11. The molecule has 1 unspecified atom stereocenters. The number of nitrogens with zero attached hydrogens (tertiary/aromatic N) is 1. The van der Waals surface area contributed by atoms with Crippen molar-refractivity contribution in [3.8, 4) is 0 Å². The van der Waals surface area contributed by atoms with E-state index in [0.717, 1.165) is 45.4 Å². The number of hydrogen-bond donors (Lipinski definition) is 3. The first-order chi connectivity index (χ1) is 11.2. The number of carbonyl (C=O) groups excluding carboxylic acids is 1. The van der Waals surface area contributed by atoms with Crippen LogP contribution in [0.3, 0.4) is 0 Å². The molecule has 0 radical (unpaired) electrons. The fourth-order valence-electron chi connectivity index (χ4n) is 2.86. The molecule has 1 fully saturated rings. The van der Waals surface area contributed by atoms with Crippen molar-refractivity contribution in [2.45, 2.75) is 32.7 Å². The van der Waals surface area contributed by atoms with Crippen LogP contribution in [-0.4, -0.2) is 48.8 Å². The highest BCUT2D eigenvalue weighted by Gasteiger charge is 2.20. The highest BCUT2D eigenvalue weighted by molar-refractivity contribution is 7.09. The number of piperidine rings is 1. The van der Waals surface area contributed by atoms with Crippen molar-refractivity contribution in [2.24, 2.45) is 11.8 Å². The first-order valence-electron chi connectivity index (χ1n) is 8.54. The molecule has 0 saturated carbocycles. The number of likely N-dealkylation sites (tertiary alicyclic amines) is 1. The molecule has 130 valence electrons. The van der Waals surface area contributed by atoms with E-state index < -0.39 is 0 Å². The van der Waals surface area contributed by atoms with E-state index in [0.29, 0.717) is 18.4 Å². The summed E-state index contributed by atoms with van der Waals surface area (Å²) in [6, 6.07) is 4.22. The summed E-state index contributed by atoms with van der Waals surface area (Å²) < 4.78 is 0. The van der Waals surface area contributed by atoms with Crippen LogP contribution in [0.5, 0.6) is 0 Å². The van der Waals surface area contributed by atoms with E-state index >= 15 is 0 Å². The second-order valence-corrected chi connectivity index (χ2v) is 7.54. The third-order valence-electron chi connectivity index (χ3n) is 4.45. The molecule has 2 rings (SSSR count). The fraction of sp³-hybridized carbons (Fsp3) is 0.706. The van der Waals surface area contributed by atoms with Crippen molar-refractivity contribution in [3.05, 3.63) is 22.4 Å². The SMILES string of the molecule is CC(CCO)CNC(=O)NCC1CCN(Cc2cccs2)CC1. The van der Waals surface area contributed by atoms with Gasteiger partial charge in [-0.25, -0.2) is 4.79 Å². The maximum absolute atomic E-state index is 11.8. The zero-order valence-electron chi connectivity index (χ0n) is 14.0. The minimum atomic E-state index is -0.0872. The first kappa shape index (κ1) is 18.2. The molecular weight excluding hydrogens is 310 g/mol. The Bertz CT molecular complexity index is 445. The molecule has 1 aliphatic heterocycles. The third-order valence-corrected chi connectivity index (χ3v) is 5.31. The summed E-state index contributed by atoms with van der Waals surface area (Å²) in [6.07, 6.45) is 3.02. The monoisotopic (exact) mass is 339 g/mol. The summed E-state index contributed by atoms with van der Waals surface area (Å²) in [7, 11) is 0. The summed E-state index contributed by atoms with van der Waals surface area (Å²) in [5.74, 6) is 0.890. The Morgan fingerprint density at radius 1 is 1.43 bits per heavy atom.